The zero-order chi connectivity index (χ0) is 13.2. The number of ether oxygens (including phenoxy) is 1. The second-order valence-corrected chi connectivity index (χ2v) is 4.71. The van der Waals surface area contributed by atoms with Crippen molar-refractivity contribution >= 4 is 11.5 Å². The molecule has 1 aliphatic carbocycles. The lowest BCUT2D eigenvalue weighted by Crippen LogP contribution is -2.45. The molecule has 6 heteroatoms. The van der Waals surface area contributed by atoms with Gasteiger partial charge in [0.2, 0.25) is 0 Å². The number of anilines is 1. The molecule has 0 bridgehead atoms. The molecule has 1 aromatic rings. The Bertz CT molecular complexity index is 452. The number of nitro groups is 1. The van der Waals surface area contributed by atoms with Gasteiger partial charge < -0.3 is 10.1 Å². The SMILES string of the molecule is COC1(CNc2ncc([N+](=O)[O-])cc2C)CCC1. The van der Waals surface area contributed by atoms with E-state index in [4.69, 9.17) is 4.74 Å². The molecule has 18 heavy (non-hydrogen) atoms. The Kier molecular flexibility index (Phi) is 3.47. The minimum atomic E-state index is -0.438. The first-order chi connectivity index (χ1) is 8.56. The average Bonchev–Trinajstić information content (AvgIpc) is 2.29. The van der Waals surface area contributed by atoms with Crippen LogP contribution < -0.4 is 5.32 Å². The fourth-order valence-electron chi connectivity index (χ4n) is 2.11. The molecule has 1 aliphatic rings. The standard InChI is InChI=1S/C12H17N3O3/c1-9-6-10(15(16)17)7-13-11(9)14-8-12(18-2)4-3-5-12/h6-7H,3-5,8H2,1-2H3,(H,13,14). The van der Waals surface area contributed by atoms with Gasteiger partial charge in [0, 0.05) is 19.7 Å². The molecule has 98 valence electrons. The number of aromatic nitrogens is 1. The van der Waals surface area contributed by atoms with E-state index in [9.17, 15) is 10.1 Å². The average molecular weight is 251 g/mol. The highest BCUT2D eigenvalue weighted by atomic mass is 16.6. The van der Waals surface area contributed by atoms with Gasteiger partial charge in [0.25, 0.3) is 5.69 Å². The van der Waals surface area contributed by atoms with Crippen molar-refractivity contribution in [2.45, 2.75) is 31.8 Å². The summed E-state index contributed by atoms with van der Waals surface area (Å²) in [6, 6.07) is 1.52. The summed E-state index contributed by atoms with van der Waals surface area (Å²) in [5.41, 5.74) is 0.702. The van der Waals surface area contributed by atoms with Crippen molar-refractivity contribution < 1.29 is 9.66 Å². The van der Waals surface area contributed by atoms with E-state index < -0.39 is 4.92 Å². The van der Waals surface area contributed by atoms with Crippen LogP contribution in [0.1, 0.15) is 24.8 Å². The lowest BCUT2D eigenvalue weighted by Gasteiger charge is -2.40. The van der Waals surface area contributed by atoms with Crippen molar-refractivity contribution in [3.63, 3.8) is 0 Å². The van der Waals surface area contributed by atoms with Crippen molar-refractivity contribution in [2.24, 2.45) is 0 Å². The molecule has 0 spiro atoms. The Morgan fingerprint density at radius 3 is 2.78 bits per heavy atom. The van der Waals surface area contributed by atoms with Crippen LogP contribution in [0.15, 0.2) is 12.3 Å². The van der Waals surface area contributed by atoms with Crippen LogP contribution in [0, 0.1) is 17.0 Å². The predicted molar refractivity (Wildman–Crippen MR) is 67.7 cm³/mol. The van der Waals surface area contributed by atoms with Crippen LogP contribution in [-0.2, 0) is 4.74 Å². The van der Waals surface area contributed by atoms with Gasteiger partial charge >= 0.3 is 0 Å². The first-order valence-corrected chi connectivity index (χ1v) is 5.96. The third-order valence-corrected chi connectivity index (χ3v) is 3.55. The van der Waals surface area contributed by atoms with E-state index in [-0.39, 0.29) is 11.3 Å². The minimum absolute atomic E-state index is 0.0168. The molecule has 0 atom stereocenters. The van der Waals surface area contributed by atoms with E-state index in [0.717, 1.165) is 18.4 Å². The zero-order valence-electron chi connectivity index (χ0n) is 10.6. The van der Waals surface area contributed by atoms with Crippen LogP contribution in [0.5, 0.6) is 0 Å². The van der Waals surface area contributed by atoms with Crippen LogP contribution in [0.3, 0.4) is 0 Å². The van der Waals surface area contributed by atoms with E-state index in [1.165, 1.54) is 18.7 Å². The molecular formula is C12H17N3O3. The molecule has 0 aliphatic heterocycles. The zero-order valence-corrected chi connectivity index (χ0v) is 10.6. The fraction of sp³-hybridized carbons (Fsp3) is 0.583. The normalized spacial score (nSPS) is 17.0. The predicted octanol–water partition coefficient (Wildman–Crippen LogP) is 2.28. The van der Waals surface area contributed by atoms with Crippen LogP contribution >= 0.6 is 0 Å². The Hall–Kier alpha value is -1.69. The van der Waals surface area contributed by atoms with Gasteiger partial charge in [-0.2, -0.15) is 0 Å². The molecule has 1 aromatic heterocycles. The van der Waals surface area contributed by atoms with Crippen molar-refractivity contribution in [2.75, 3.05) is 19.0 Å². The van der Waals surface area contributed by atoms with Crippen molar-refractivity contribution in [1.29, 1.82) is 0 Å². The van der Waals surface area contributed by atoms with Crippen LogP contribution in [0.2, 0.25) is 0 Å². The van der Waals surface area contributed by atoms with Gasteiger partial charge in [0.1, 0.15) is 12.0 Å². The quantitative estimate of drug-likeness (QED) is 0.641. The molecule has 1 N–H and O–H groups in total. The molecule has 0 radical (unpaired) electrons. The van der Waals surface area contributed by atoms with Gasteiger partial charge in [-0.3, -0.25) is 10.1 Å². The second-order valence-electron chi connectivity index (χ2n) is 4.71. The van der Waals surface area contributed by atoms with Crippen molar-refractivity contribution in [1.82, 2.24) is 4.98 Å². The van der Waals surface area contributed by atoms with Gasteiger partial charge in [-0.25, -0.2) is 4.98 Å². The number of nitrogens with one attached hydrogen (secondary N) is 1. The summed E-state index contributed by atoms with van der Waals surface area (Å²) in [6.07, 6.45) is 4.54. The first kappa shape index (κ1) is 12.8. The summed E-state index contributed by atoms with van der Waals surface area (Å²) in [5, 5.41) is 13.8. The summed E-state index contributed by atoms with van der Waals surface area (Å²) < 4.78 is 5.50. The molecule has 1 heterocycles. The molecule has 2 rings (SSSR count). The molecule has 1 saturated carbocycles. The van der Waals surface area contributed by atoms with Crippen molar-refractivity contribution in [3.05, 3.63) is 27.9 Å². The van der Waals surface area contributed by atoms with Crippen LogP contribution in [0.4, 0.5) is 11.5 Å². The van der Waals surface area contributed by atoms with Gasteiger partial charge in [-0.05, 0) is 31.7 Å². The molecule has 0 aromatic carbocycles. The number of nitrogens with zero attached hydrogens (tertiary/aromatic N) is 2. The summed E-state index contributed by atoms with van der Waals surface area (Å²) in [5.74, 6) is 0.684. The lowest BCUT2D eigenvalue weighted by molar-refractivity contribution is -0.385. The fourth-order valence-corrected chi connectivity index (χ4v) is 2.11. The van der Waals surface area contributed by atoms with E-state index in [2.05, 4.69) is 10.3 Å². The maximum atomic E-state index is 10.6. The summed E-state index contributed by atoms with van der Waals surface area (Å²) in [7, 11) is 1.72. The number of hydrogen-bond donors (Lipinski definition) is 1. The molecule has 0 unspecified atom stereocenters. The number of rotatable bonds is 5. The maximum absolute atomic E-state index is 10.6. The Labute approximate surface area is 106 Å². The summed E-state index contributed by atoms with van der Waals surface area (Å²) in [6.45, 7) is 2.50. The minimum Gasteiger partial charge on any atom is -0.376 e. The molecule has 0 saturated heterocycles. The maximum Gasteiger partial charge on any atom is 0.287 e. The smallest absolute Gasteiger partial charge is 0.287 e. The molecular weight excluding hydrogens is 234 g/mol. The summed E-state index contributed by atoms with van der Waals surface area (Å²) in [4.78, 5) is 14.3. The number of hydrogen-bond acceptors (Lipinski definition) is 5. The van der Waals surface area contributed by atoms with Gasteiger partial charge in [0.05, 0.1) is 10.5 Å². The lowest BCUT2D eigenvalue weighted by atomic mass is 9.80. The third kappa shape index (κ3) is 2.43. The topological polar surface area (TPSA) is 77.3 Å². The van der Waals surface area contributed by atoms with Crippen molar-refractivity contribution in [3.8, 4) is 0 Å². The largest absolute Gasteiger partial charge is 0.376 e. The Morgan fingerprint density at radius 1 is 1.61 bits per heavy atom. The Morgan fingerprint density at radius 2 is 2.33 bits per heavy atom. The van der Waals surface area contributed by atoms with Gasteiger partial charge in [-0.1, -0.05) is 0 Å². The van der Waals surface area contributed by atoms with Crippen LogP contribution in [-0.4, -0.2) is 29.2 Å². The van der Waals surface area contributed by atoms with Gasteiger partial charge in [0.15, 0.2) is 0 Å². The number of methoxy groups -OCH3 is 1. The third-order valence-electron chi connectivity index (χ3n) is 3.55. The molecule has 1 fully saturated rings. The highest BCUT2D eigenvalue weighted by molar-refractivity contribution is 5.48. The van der Waals surface area contributed by atoms with Gasteiger partial charge in [-0.15, -0.1) is 0 Å². The summed E-state index contributed by atoms with van der Waals surface area (Å²) >= 11 is 0. The second kappa shape index (κ2) is 4.89. The number of aryl methyl sites for hydroxylation is 1. The molecule has 0 amide bonds. The van der Waals surface area contributed by atoms with E-state index in [1.54, 1.807) is 7.11 Å². The monoisotopic (exact) mass is 251 g/mol. The van der Waals surface area contributed by atoms with Crippen LogP contribution in [0.25, 0.3) is 0 Å². The first-order valence-electron chi connectivity index (χ1n) is 5.96. The van der Waals surface area contributed by atoms with E-state index >= 15 is 0 Å². The Balaban J connectivity index is 2.03. The molecule has 6 nitrogen and oxygen atoms in total. The highest BCUT2D eigenvalue weighted by Gasteiger charge is 2.36. The van der Waals surface area contributed by atoms with E-state index in [1.807, 2.05) is 6.92 Å². The van der Waals surface area contributed by atoms with E-state index in [0.29, 0.717) is 12.4 Å². The number of pyridine rings is 1. The highest BCUT2D eigenvalue weighted by Crippen LogP contribution is 2.35.